The highest BCUT2D eigenvalue weighted by atomic mass is 31.2. The van der Waals surface area contributed by atoms with Crippen molar-refractivity contribution < 1.29 is 27.9 Å². The first-order chi connectivity index (χ1) is 13.0. The molecule has 2 aliphatic carbocycles. The summed E-state index contributed by atoms with van der Waals surface area (Å²) in [5.41, 5.74) is 4.44. The average molecular weight is 404 g/mol. The van der Waals surface area contributed by atoms with Crippen molar-refractivity contribution in [2.24, 2.45) is 11.8 Å². The van der Waals surface area contributed by atoms with Crippen molar-refractivity contribution in [2.45, 2.75) is 84.0 Å². The van der Waals surface area contributed by atoms with Gasteiger partial charge in [0.1, 0.15) is 0 Å². The van der Waals surface area contributed by atoms with Crippen LogP contribution in [-0.4, -0.2) is 18.4 Å². The third-order valence-corrected chi connectivity index (χ3v) is 6.34. The van der Waals surface area contributed by atoms with Crippen LogP contribution in [0.1, 0.15) is 84.0 Å². The van der Waals surface area contributed by atoms with E-state index in [0.717, 1.165) is 70.6 Å². The number of hydroxylamine groups is 2. The van der Waals surface area contributed by atoms with Gasteiger partial charge in [-0.05, 0) is 32.1 Å². The van der Waals surface area contributed by atoms with Gasteiger partial charge in [-0.2, -0.15) is 9.25 Å². The van der Waals surface area contributed by atoms with Crippen LogP contribution in [0.15, 0.2) is 0 Å². The molecule has 0 spiro atoms. The fourth-order valence-electron chi connectivity index (χ4n) is 3.49. The van der Waals surface area contributed by atoms with Crippen molar-refractivity contribution in [3.05, 3.63) is 0 Å². The average Bonchev–Trinajstić information content (AvgIpc) is 2.72. The van der Waals surface area contributed by atoms with Crippen LogP contribution in [0.5, 0.6) is 0 Å². The molecule has 0 heterocycles. The van der Waals surface area contributed by atoms with E-state index < -0.39 is 7.82 Å². The number of nitrogens with one attached hydrogen (secondary N) is 2. The molecule has 0 radical (unpaired) electrons. The minimum absolute atomic E-state index is 0.145. The number of unbranched alkanes of at least 4 members (excludes halogenated alkanes) is 1. The lowest BCUT2D eigenvalue weighted by Gasteiger charge is -2.23. The summed E-state index contributed by atoms with van der Waals surface area (Å²) in [6.07, 6.45) is 10.9. The van der Waals surface area contributed by atoms with Crippen LogP contribution in [-0.2, 0) is 27.9 Å². The van der Waals surface area contributed by atoms with Crippen LogP contribution in [0.25, 0.3) is 0 Å². The molecule has 0 aliphatic heterocycles. The van der Waals surface area contributed by atoms with E-state index in [4.69, 9.17) is 13.8 Å². The van der Waals surface area contributed by atoms with E-state index in [2.05, 4.69) is 11.0 Å². The number of hydrogen-bond acceptors (Lipinski definition) is 6. The maximum absolute atomic E-state index is 12.8. The minimum atomic E-state index is -4.12. The first-order valence-electron chi connectivity index (χ1n) is 10.3. The lowest BCUT2D eigenvalue weighted by Crippen LogP contribution is -2.34. The van der Waals surface area contributed by atoms with Gasteiger partial charge < -0.3 is 0 Å². The molecule has 2 rings (SSSR count). The first-order valence-corrected chi connectivity index (χ1v) is 11.7. The smallest absolute Gasteiger partial charge is 0.284 e. The topological polar surface area (TPSA) is 103 Å². The Hall–Kier alpha value is -0.950. The first kappa shape index (κ1) is 22.3. The van der Waals surface area contributed by atoms with Crippen molar-refractivity contribution in [1.82, 2.24) is 11.0 Å². The quantitative estimate of drug-likeness (QED) is 0.322. The Morgan fingerprint density at radius 2 is 1.30 bits per heavy atom. The Bertz CT molecular complexity index is 480. The molecule has 2 amide bonds. The molecule has 8 nitrogen and oxygen atoms in total. The van der Waals surface area contributed by atoms with E-state index in [-0.39, 0.29) is 30.3 Å². The Balaban J connectivity index is 1.84. The molecule has 9 heteroatoms. The van der Waals surface area contributed by atoms with E-state index in [9.17, 15) is 14.2 Å². The summed E-state index contributed by atoms with van der Waals surface area (Å²) >= 11 is 0. The predicted molar refractivity (Wildman–Crippen MR) is 100 cm³/mol. The second-order valence-corrected chi connectivity index (χ2v) is 8.94. The van der Waals surface area contributed by atoms with Crippen LogP contribution >= 0.6 is 7.82 Å². The van der Waals surface area contributed by atoms with Gasteiger partial charge in [-0.1, -0.05) is 51.9 Å². The largest absolute Gasteiger partial charge is 0.517 e. The van der Waals surface area contributed by atoms with E-state index in [1.807, 2.05) is 6.92 Å². The molecule has 0 atom stereocenters. The van der Waals surface area contributed by atoms with Crippen LogP contribution < -0.4 is 11.0 Å². The molecule has 0 saturated heterocycles. The summed E-state index contributed by atoms with van der Waals surface area (Å²) in [5.74, 6) is -0.952. The van der Waals surface area contributed by atoms with Crippen LogP contribution in [0.3, 0.4) is 0 Å². The van der Waals surface area contributed by atoms with Gasteiger partial charge in [-0.25, -0.2) is 15.5 Å². The summed E-state index contributed by atoms with van der Waals surface area (Å²) in [4.78, 5) is 24.4. The highest BCUT2D eigenvalue weighted by Gasteiger charge is 2.33. The number of carbonyl (C=O) groups is 2. The molecule has 2 saturated carbocycles. The number of carbonyl (C=O) groups excluding carboxylic acids is 2. The fraction of sp³-hybridized carbons (Fsp3) is 0.889. The lowest BCUT2D eigenvalue weighted by molar-refractivity contribution is -0.137. The second-order valence-electron chi connectivity index (χ2n) is 7.42. The van der Waals surface area contributed by atoms with Gasteiger partial charge in [0.25, 0.3) is 0 Å². The summed E-state index contributed by atoms with van der Waals surface area (Å²) in [6.45, 7) is 2.11. The maximum Gasteiger partial charge on any atom is 0.517 e. The number of rotatable bonds is 10. The molecule has 0 aromatic rings. The standard InChI is InChI=1S/C18H33N2O6P/c1-2-3-14-24-27(23,25-19-17(21)15-10-6-4-7-11-15)26-20-18(22)16-12-8-5-9-13-16/h15-16H,2-14H2,1H3,(H,19,21)(H,20,22). The molecule has 0 aromatic heterocycles. The normalized spacial score (nSPS) is 19.6. The van der Waals surface area contributed by atoms with Crippen LogP contribution in [0.4, 0.5) is 0 Å². The molecular weight excluding hydrogens is 371 g/mol. The lowest BCUT2D eigenvalue weighted by atomic mass is 9.89. The zero-order valence-corrected chi connectivity index (χ0v) is 17.1. The Kier molecular flexibility index (Phi) is 9.76. The van der Waals surface area contributed by atoms with E-state index in [1.165, 1.54) is 0 Å². The van der Waals surface area contributed by atoms with E-state index in [1.54, 1.807) is 0 Å². The van der Waals surface area contributed by atoms with Gasteiger partial charge in [-0.15, -0.1) is 0 Å². The Labute approximate surface area is 161 Å². The number of phosphoric acid groups is 1. The van der Waals surface area contributed by atoms with Crippen LogP contribution in [0, 0.1) is 11.8 Å². The monoisotopic (exact) mass is 404 g/mol. The zero-order chi connectivity index (χ0) is 19.5. The molecule has 0 unspecified atom stereocenters. The summed E-state index contributed by atoms with van der Waals surface area (Å²) in [5, 5.41) is 0. The molecule has 156 valence electrons. The fourth-order valence-corrected chi connectivity index (χ4v) is 4.39. The third-order valence-electron chi connectivity index (χ3n) is 5.22. The van der Waals surface area contributed by atoms with Crippen LogP contribution in [0.2, 0.25) is 0 Å². The summed E-state index contributed by atoms with van der Waals surface area (Å²) in [6, 6.07) is 0. The molecule has 2 aliphatic rings. The predicted octanol–water partition coefficient (Wildman–Crippen LogP) is 4.17. The maximum atomic E-state index is 12.8. The molecular formula is C18H33N2O6P. The highest BCUT2D eigenvalue weighted by Crippen LogP contribution is 2.47. The van der Waals surface area contributed by atoms with Gasteiger partial charge in [0.05, 0.1) is 6.61 Å². The summed E-state index contributed by atoms with van der Waals surface area (Å²) in [7, 11) is -4.12. The summed E-state index contributed by atoms with van der Waals surface area (Å²) < 4.78 is 28.0. The molecule has 2 fully saturated rings. The van der Waals surface area contributed by atoms with E-state index in [0.29, 0.717) is 6.42 Å². The van der Waals surface area contributed by atoms with Gasteiger partial charge in [0.15, 0.2) is 0 Å². The Morgan fingerprint density at radius 3 is 1.70 bits per heavy atom. The molecule has 0 aromatic carbocycles. The number of hydrogen-bond donors (Lipinski definition) is 2. The van der Waals surface area contributed by atoms with Crippen molar-refractivity contribution in [2.75, 3.05) is 6.61 Å². The van der Waals surface area contributed by atoms with Crippen molar-refractivity contribution >= 4 is 19.6 Å². The van der Waals surface area contributed by atoms with E-state index >= 15 is 0 Å². The molecule has 0 bridgehead atoms. The second kappa shape index (κ2) is 11.8. The van der Waals surface area contributed by atoms with Gasteiger partial charge in [0, 0.05) is 11.8 Å². The molecule has 27 heavy (non-hydrogen) atoms. The van der Waals surface area contributed by atoms with Gasteiger partial charge >= 0.3 is 7.82 Å². The van der Waals surface area contributed by atoms with Crippen molar-refractivity contribution in [3.63, 3.8) is 0 Å². The third kappa shape index (κ3) is 7.90. The van der Waals surface area contributed by atoms with Gasteiger partial charge in [0.2, 0.25) is 11.8 Å². The van der Waals surface area contributed by atoms with Gasteiger partial charge in [-0.3, -0.25) is 14.1 Å². The molecule has 2 N–H and O–H groups in total. The number of amides is 2. The Morgan fingerprint density at radius 1 is 0.852 bits per heavy atom. The zero-order valence-electron chi connectivity index (χ0n) is 16.2. The van der Waals surface area contributed by atoms with Crippen molar-refractivity contribution in [1.29, 1.82) is 0 Å². The van der Waals surface area contributed by atoms with Crippen molar-refractivity contribution in [3.8, 4) is 0 Å². The minimum Gasteiger partial charge on any atom is -0.284 e. The SMILES string of the molecule is CCCCOP(=O)(ONC(=O)C1CCCCC1)ONC(=O)C1CCCCC1. The highest BCUT2D eigenvalue weighted by molar-refractivity contribution is 7.48.